The zero-order valence-electron chi connectivity index (χ0n) is 18.7. The molecule has 8 heteroatoms. The number of nitrogens with one attached hydrogen (secondary N) is 3. The van der Waals surface area contributed by atoms with Gasteiger partial charge in [0.15, 0.2) is 0 Å². The molecule has 2 aromatic rings. The summed E-state index contributed by atoms with van der Waals surface area (Å²) in [5, 5.41) is 8.83. The minimum absolute atomic E-state index is 0.105. The molecule has 2 saturated heterocycles. The van der Waals surface area contributed by atoms with E-state index in [1.54, 1.807) is 24.3 Å². The lowest BCUT2D eigenvalue weighted by Gasteiger charge is -2.13. The Hall–Kier alpha value is -3.10. The molecule has 2 aliphatic heterocycles. The highest BCUT2D eigenvalue weighted by atomic mass is 16.5. The lowest BCUT2D eigenvalue weighted by molar-refractivity contribution is -0.114. The molecule has 2 aliphatic rings. The second-order valence-corrected chi connectivity index (χ2v) is 8.30. The number of hydrogen-bond donors (Lipinski definition) is 3. The van der Waals surface area contributed by atoms with Gasteiger partial charge in [-0.3, -0.25) is 9.59 Å². The zero-order chi connectivity index (χ0) is 22.9. The summed E-state index contributed by atoms with van der Waals surface area (Å²) in [5.41, 5.74) is 1.98. The number of carbonyl (C=O) groups excluding carboxylic acids is 2. The third kappa shape index (κ3) is 7.20. The fraction of sp³-hybridized carbons (Fsp3) is 0.440. The normalized spacial score (nSPS) is 19.8. The molecule has 2 amide bonds. The number of ether oxygens (including phenoxy) is 3. The molecule has 2 fully saturated rings. The fourth-order valence-corrected chi connectivity index (χ4v) is 3.87. The lowest BCUT2D eigenvalue weighted by atomic mass is 10.2. The smallest absolute Gasteiger partial charge is 0.251 e. The standard InChI is InChI=1S/C25H31N3O5/c29-24(16-26-20-4-1-5-21(14-20)33-17-23-7-3-13-32-23)28-19-10-8-18(9-11-19)25(30)27-15-22-6-2-12-31-22/h1,4-5,8-11,14,22-23,26H,2-3,6-7,12-13,15-17H2,(H,27,30)(H,28,29). The average molecular weight is 454 g/mol. The minimum Gasteiger partial charge on any atom is -0.491 e. The molecule has 2 atom stereocenters. The van der Waals surface area contributed by atoms with Crippen molar-refractivity contribution in [3.05, 3.63) is 54.1 Å². The Morgan fingerprint density at radius 3 is 2.42 bits per heavy atom. The van der Waals surface area contributed by atoms with Gasteiger partial charge in [0, 0.05) is 42.8 Å². The maximum absolute atomic E-state index is 12.3. The number of hydrogen-bond acceptors (Lipinski definition) is 6. The van der Waals surface area contributed by atoms with Crippen molar-refractivity contribution >= 4 is 23.2 Å². The van der Waals surface area contributed by atoms with Crippen molar-refractivity contribution in [2.24, 2.45) is 0 Å². The second kappa shape index (κ2) is 11.7. The highest BCUT2D eigenvalue weighted by Crippen LogP contribution is 2.20. The molecule has 176 valence electrons. The molecule has 2 unspecified atom stereocenters. The predicted molar refractivity (Wildman–Crippen MR) is 126 cm³/mol. The van der Waals surface area contributed by atoms with Crippen molar-refractivity contribution in [3.63, 3.8) is 0 Å². The summed E-state index contributed by atoms with van der Waals surface area (Å²) in [6, 6.07) is 14.4. The van der Waals surface area contributed by atoms with Crippen molar-refractivity contribution in [1.29, 1.82) is 0 Å². The number of rotatable bonds is 10. The van der Waals surface area contributed by atoms with Gasteiger partial charge >= 0.3 is 0 Å². The van der Waals surface area contributed by atoms with E-state index in [0.29, 0.717) is 24.4 Å². The molecule has 0 bridgehead atoms. The van der Waals surface area contributed by atoms with Gasteiger partial charge in [-0.05, 0) is 62.1 Å². The van der Waals surface area contributed by atoms with E-state index in [2.05, 4.69) is 16.0 Å². The maximum atomic E-state index is 12.3. The van der Waals surface area contributed by atoms with Crippen LogP contribution in [0.2, 0.25) is 0 Å². The van der Waals surface area contributed by atoms with Gasteiger partial charge in [-0.25, -0.2) is 0 Å². The Morgan fingerprint density at radius 1 is 0.939 bits per heavy atom. The van der Waals surface area contributed by atoms with Crippen LogP contribution in [0.25, 0.3) is 0 Å². The van der Waals surface area contributed by atoms with Crippen LogP contribution in [0.1, 0.15) is 36.0 Å². The molecule has 0 spiro atoms. The van der Waals surface area contributed by atoms with Crippen LogP contribution in [0.3, 0.4) is 0 Å². The van der Waals surface area contributed by atoms with E-state index in [4.69, 9.17) is 14.2 Å². The van der Waals surface area contributed by atoms with Crippen LogP contribution in [-0.4, -0.2) is 56.9 Å². The maximum Gasteiger partial charge on any atom is 0.251 e. The Balaban J connectivity index is 1.19. The van der Waals surface area contributed by atoms with Gasteiger partial charge in [-0.15, -0.1) is 0 Å². The molecule has 0 saturated carbocycles. The van der Waals surface area contributed by atoms with Crippen LogP contribution in [0.15, 0.2) is 48.5 Å². The van der Waals surface area contributed by atoms with Crippen LogP contribution < -0.4 is 20.7 Å². The quantitative estimate of drug-likeness (QED) is 0.511. The number of amides is 2. The van der Waals surface area contributed by atoms with Gasteiger partial charge in [0.25, 0.3) is 5.91 Å². The first-order valence-electron chi connectivity index (χ1n) is 11.5. The highest BCUT2D eigenvalue weighted by molar-refractivity contribution is 5.96. The van der Waals surface area contributed by atoms with Crippen LogP contribution in [0, 0.1) is 0 Å². The van der Waals surface area contributed by atoms with Crippen molar-refractivity contribution in [2.75, 3.05) is 43.5 Å². The van der Waals surface area contributed by atoms with Crippen LogP contribution >= 0.6 is 0 Å². The summed E-state index contributed by atoms with van der Waals surface area (Å²) in [6.45, 7) is 2.73. The molecule has 2 aromatic carbocycles. The minimum atomic E-state index is -0.184. The van der Waals surface area contributed by atoms with E-state index in [-0.39, 0.29) is 30.6 Å². The van der Waals surface area contributed by atoms with Gasteiger partial charge in [-0.2, -0.15) is 0 Å². The molecule has 4 rings (SSSR count). The SMILES string of the molecule is O=C(CNc1cccc(OCC2CCCO2)c1)Nc1ccc(C(=O)NCC2CCCO2)cc1. The Morgan fingerprint density at radius 2 is 1.70 bits per heavy atom. The third-order valence-electron chi connectivity index (χ3n) is 5.69. The van der Waals surface area contributed by atoms with E-state index in [1.807, 2.05) is 24.3 Å². The molecule has 33 heavy (non-hydrogen) atoms. The molecule has 3 N–H and O–H groups in total. The third-order valence-corrected chi connectivity index (χ3v) is 5.69. The van der Waals surface area contributed by atoms with E-state index in [0.717, 1.165) is 50.3 Å². The molecule has 0 aromatic heterocycles. The summed E-state index contributed by atoms with van der Waals surface area (Å²) in [7, 11) is 0. The van der Waals surface area contributed by atoms with Crippen LogP contribution in [0.4, 0.5) is 11.4 Å². The summed E-state index contributed by atoms with van der Waals surface area (Å²) >= 11 is 0. The number of carbonyl (C=O) groups is 2. The monoisotopic (exact) mass is 453 g/mol. The summed E-state index contributed by atoms with van der Waals surface area (Å²) in [4.78, 5) is 24.6. The average Bonchev–Trinajstić information content (AvgIpc) is 3.55. The van der Waals surface area contributed by atoms with Gasteiger partial charge in [-0.1, -0.05) is 6.07 Å². The molecule has 0 radical (unpaired) electrons. The predicted octanol–water partition coefficient (Wildman–Crippen LogP) is 3.20. The van der Waals surface area contributed by atoms with Crippen LogP contribution in [0.5, 0.6) is 5.75 Å². The molecule has 2 heterocycles. The van der Waals surface area contributed by atoms with Gasteiger partial charge in [0.2, 0.25) is 5.91 Å². The first-order chi connectivity index (χ1) is 16.2. The fourth-order valence-electron chi connectivity index (χ4n) is 3.87. The Kier molecular flexibility index (Phi) is 8.16. The van der Waals surface area contributed by atoms with Gasteiger partial charge < -0.3 is 30.2 Å². The molecule has 8 nitrogen and oxygen atoms in total. The Bertz CT molecular complexity index is 922. The number of benzene rings is 2. The summed E-state index contributed by atoms with van der Waals surface area (Å²) in [6.07, 6.45) is 4.39. The first kappa shape index (κ1) is 23.1. The van der Waals surface area contributed by atoms with Crippen molar-refractivity contribution in [3.8, 4) is 5.75 Å². The second-order valence-electron chi connectivity index (χ2n) is 8.30. The van der Waals surface area contributed by atoms with Gasteiger partial charge in [0.05, 0.1) is 18.8 Å². The van der Waals surface area contributed by atoms with Crippen LogP contribution in [-0.2, 0) is 14.3 Å². The largest absolute Gasteiger partial charge is 0.491 e. The van der Waals surface area contributed by atoms with Gasteiger partial charge in [0.1, 0.15) is 12.4 Å². The molecular weight excluding hydrogens is 422 g/mol. The molecular formula is C25H31N3O5. The zero-order valence-corrected chi connectivity index (χ0v) is 18.7. The van der Waals surface area contributed by atoms with E-state index in [9.17, 15) is 9.59 Å². The van der Waals surface area contributed by atoms with Crippen molar-refractivity contribution in [1.82, 2.24) is 5.32 Å². The van der Waals surface area contributed by atoms with Crippen molar-refractivity contribution < 1.29 is 23.8 Å². The lowest BCUT2D eigenvalue weighted by Crippen LogP contribution is -2.31. The van der Waals surface area contributed by atoms with E-state index >= 15 is 0 Å². The number of anilines is 2. The van der Waals surface area contributed by atoms with Crippen molar-refractivity contribution in [2.45, 2.75) is 37.9 Å². The topological polar surface area (TPSA) is 97.9 Å². The highest BCUT2D eigenvalue weighted by Gasteiger charge is 2.17. The van der Waals surface area contributed by atoms with E-state index in [1.165, 1.54) is 0 Å². The first-order valence-corrected chi connectivity index (χ1v) is 11.5. The summed E-state index contributed by atoms with van der Waals surface area (Å²) in [5.74, 6) is 0.409. The molecule has 0 aliphatic carbocycles. The Labute approximate surface area is 194 Å². The van der Waals surface area contributed by atoms with E-state index < -0.39 is 0 Å². The summed E-state index contributed by atoms with van der Waals surface area (Å²) < 4.78 is 16.9.